The Balaban J connectivity index is 1.85. The predicted molar refractivity (Wildman–Crippen MR) is 96.5 cm³/mol. The minimum Gasteiger partial charge on any atom is -0.324 e. The lowest BCUT2D eigenvalue weighted by Crippen LogP contribution is -2.14. The molecule has 0 aliphatic carbocycles. The number of halogens is 1. The van der Waals surface area contributed by atoms with Gasteiger partial charge in [-0.25, -0.2) is 9.97 Å². The van der Waals surface area contributed by atoms with E-state index in [1.807, 2.05) is 67.4 Å². The van der Waals surface area contributed by atoms with Crippen molar-refractivity contribution in [3.05, 3.63) is 64.9 Å². The second-order valence-corrected chi connectivity index (χ2v) is 6.06. The van der Waals surface area contributed by atoms with E-state index in [0.29, 0.717) is 11.9 Å². The van der Waals surface area contributed by atoms with Crippen molar-refractivity contribution in [2.24, 2.45) is 0 Å². The Morgan fingerprint density at radius 2 is 1.87 bits per heavy atom. The third-order valence-corrected chi connectivity index (χ3v) is 3.82. The van der Waals surface area contributed by atoms with Crippen molar-refractivity contribution in [2.45, 2.75) is 6.92 Å². The summed E-state index contributed by atoms with van der Waals surface area (Å²) in [4.78, 5) is 14.8. The lowest BCUT2D eigenvalue weighted by Gasteiger charge is -2.17. The Morgan fingerprint density at radius 1 is 1.04 bits per heavy atom. The Kier molecular flexibility index (Phi) is 4.52. The molecule has 1 aromatic heterocycles. The SMILES string of the molecule is Cc1cccc(Nc2ncnc(N(C)c3cccc(Br)c3)n2)c1. The van der Waals surface area contributed by atoms with E-state index >= 15 is 0 Å². The number of anilines is 4. The molecule has 0 amide bonds. The number of aromatic nitrogens is 3. The Hall–Kier alpha value is -2.47. The lowest BCUT2D eigenvalue weighted by molar-refractivity contribution is 0.990. The molecule has 3 rings (SSSR count). The van der Waals surface area contributed by atoms with Gasteiger partial charge in [-0.2, -0.15) is 4.98 Å². The van der Waals surface area contributed by atoms with Crippen LogP contribution in [0, 0.1) is 6.92 Å². The normalized spacial score (nSPS) is 10.4. The molecule has 0 aliphatic rings. The van der Waals surface area contributed by atoms with Crippen LogP contribution in [0.25, 0.3) is 0 Å². The zero-order chi connectivity index (χ0) is 16.2. The topological polar surface area (TPSA) is 53.9 Å². The van der Waals surface area contributed by atoms with Crippen molar-refractivity contribution in [3.63, 3.8) is 0 Å². The van der Waals surface area contributed by atoms with Gasteiger partial charge in [-0.3, -0.25) is 0 Å². The van der Waals surface area contributed by atoms with E-state index < -0.39 is 0 Å². The lowest BCUT2D eigenvalue weighted by atomic mass is 10.2. The van der Waals surface area contributed by atoms with Gasteiger partial charge in [0, 0.05) is 22.9 Å². The smallest absolute Gasteiger partial charge is 0.234 e. The van der Waals surface area contributed by atoms with Crippen LogP contribution in [0.3, 0.4) is 0 Å². The van der Waals surface area contributed by atoms with E-state index in [0.717, 1.165) is 15.8 Å². The molecule has 0 radical (unpaired) electrons. The van der Waals surface area contributed by atoms with Gasteiger partial charge in [-0.1, -0.05) is 34.1 Å². The summed E-state index contributed by atoms with van der Waals surface area (Å²) in [6, 6.07) is 16.0. The number of hydrogen-bond acceptors (Lipinski definition) is 5. The fourth-order valence-corrected chi connectivity index (χ4v) is 2.55. The van der Waals surface area contributed by atoms with E-state index in [1.54, 1.807) is 0 Å². The number of rotatable bonds is 4. The number of benzene rings is 2. The van der Waals surface area contributed by atoms with Crippen LogP contribution < -0.4 is 10.2 Å². The fraction of sp³-hybridized carbons (Fsp3) is 0.118. The molecule has 3 aromatic rings. The number of nitrogens with zero attached hydrogens (tertiary/aromatic N) is 4. The predicted octanol–water partition coefficient (Wildman–Crippen LogP) is 4.45. The van der Waals surface area contributed by atoms with E-state index in [-0.39, 0.29) is 0 Å². The Labute approximate surface area is 143 Å². The molecule has 23 heavy (non-hydrogen) atoms. The van der Waals surface area contributed by atoms with Crippen molar-refractivity contribution >= 4 is 39.2 Å². The van der Waals surface area contributed by atoms with E-state index in [2.05, 4.69) is 36.2 Å². The minimum absolute atomic E-state index is 0.516. The van der Waals surface area contributed by atoms with E-state index in [4.69, 9.17) is 0 Å². The summed E-state index contributed by atoms with van der Waals surface area (Å²) in [5, 5.41) is 3.20. The molecule has 0 bridgehead atoms. The summed E-state index contributed by atoms with van der Waals surface area (Å²) in [7, 11) is 1.92. The van der Waals surface area contributed by atoms with Gasteiger partial charge in [0.2, 0.25) is 11.9 Å². The molecule has 1 N–H and O–H groups in total. The largest absolute Gasteiger partial charge is 0.324 e. The third-order valence-electron chi connectivity index (χ3n) is 3.33. The van der Waals surface area contributed by atoms with Crippen LogP contribution in [0.4, 0.5) is 23.3 Å². The number of hydrogen-bond donors (Lipinski definition) is 1. The van der Waals surface area contributed by atoms with Crippen molar-refractivity contribution in [1.29, 1.82) is 0 Å². The van der Waals surface area contributed by atoms with Gasteiger partial charge in [0.05, 0.1) is 0 Å². The molecule has 116 valence electrons. The maximum absolute atomic E-state index is 4.48. The van der Waals surface area contributed by atoms with Crippen LogP contribution >= 0.6 is 15.9 Å². The fourth-order valence-electron chi connectivity index (χ4n) is 2.16. The second kappa shape index (κ2) is 6.75. The van der Waals surface area contributed by atoms with E-state index in [1.165, 1.54) is 11.9 Å². The van der Waals surface area contributed by atoms with Gasteiger partial charge >= 0.3 is 0 Å². The molecule has 0 atom stereocenters. The highest BCUT2D eigenvalue weighted by molar-refractivity contribution is 9.10. The number of nitrogens with one attached hydrogen (secondary N) is 1. The van der Waals surface area contributed by atoms with Gasteiger partial charge in [-0.15, -0.1) is 0 Å². The van der Waals surface area contributed by atoms with Crippen LogP contribution in [0.2, 0.25) is 0 Å². The zero-order valence-corrected chi connectivity index (χ0v) is 14.4. The molecule has 0 saturated heterocycles. The molecule has 0 aliphatic heterocycles. The first-order valence-corrected chi connectivity index (χ1v) is 7.93. The van der Waals surface area contributed by atoms with Crippen molar-refractivity contribution in [3.8, 4) is 0 Å². The molecule has 0 fully saturated rings. The maximum Gasteiger partial charge on any atom is 0.234 e. The third kappa shape index (κ3) is 3.84. The summed E-state index contributed by atoms with van der Waals surface area (Å²) in [5.74, 6) is 1.09. The first kappa shape index (κ1) is 15.4. The molecule has 2 aromatic carbocycles. The first-order valence-electron chi connectivity index (χ1n) is 7.14. The first-order chi connectivity index (χ1) is 11.1. The average Bonchev–Trinajstić information content (AvgIpc) is 2.54. The molecular formula is C17H16BrN5. The van der Waals surface area contributed by atoms with Gasteiger partial charge in [-0.05, 0) is 42.8 Å². The second-order valence-electron chi connectivity index (χ2n) is 5.14. The monoisotopic (exact) mass is 369 g/mol. The average molecular weight is 370 g/mol. The molecule has 1 heterocycles. The molecule has 5 nitrogen and oxygen atoms in total. The van der Waals surface area contributed by atoms with Gasteiger partial charge in [0.25, 0.3) is 0 Å². The van der Waals surface area contributed by atoms with Crippen molar-refractivity contribution in [1.82, 2.24) is 15.0 Å². The summed E-state index contributed by atoms with van der Waals surface area (Å²) in [5.41, 5.74) is 3.12. The zero-order valence-electron chi connectivity index (χ0n) is 12.9. The highest BCUT2D eigenvalue weighted by atomic mass is 79.9. The van der Waals surface area contributed by atoms with Gasteiger partial charge in [0.15, 0.2) is 0 Å². The van der Waals surface area contributed by atoms with Crippen molar-refractivity contribution < 1.29 is 0 Å². The van der Waals surface area contributed by atoms with Crippen LogP contribution in [0.15, 0.2) is 59.3 Å². The molecule has 0 saturated carbocycles. The van der Waals surface area contributed by atoms with Crippen LogP contribution in [-0.4, -0.2) is 22.0 Å². The van der Waals surface area contributed by atoms with Crippen LogP contribution in [0.1, 0.15) is 5.56 Å². The quantitative estimate of drug-likeness (QED) is 0.735. The molecule has 0 unspecified atom stereocenters. The molecule has 0 spiro atoms. The standard InChI is InChI=1S/C17H16BrN5/c1-12-5-3-7-14(9-12)21-16-19-11-20-17(22-16)23(2)15-8-4-6-13(18)10-15/h3-11H,1-2H3,(H,19,20,21,22). The Morgan fingerprint density at radius 3 is 2.65 bits per heavy atom. The van der Waals surface area contributed by atoms with Crippen LogP contribution in [-0.2, 0) is 0 Å². The highest BCUT2D eigenvalue weighted by Gasteiger charge is 2.09. The summed E-state index contributed by atoms with van der Waals surface area (Å²) in [6.07, 6.45) is 1.51. The Bertz CT molecular complexity index is 821. The van der Waals surface area contributed by atoms with E-state index in [9.17, 15) is 0 Å². The highest BCUT2D eigenvalue weighted by Crippen LogP contribution is 2.24. The summed E-state index contributed by atoms with van der Waals surface area (Å²) < 4.78 is 1.01. The molecular weight excluding hydrogens is 354 g/mol. The van der Waals surface area contributed by atoms with Crippen LogP contribution in [0.5, 0.6) is 0 Å². The summed E-state index contributed by atoms with van der Waals surface area (Å²) in [6.45, 7) is 2.05. The maximum atomic E-state index is 4.48. The minimum atomic E-state index is 0.516. The van der Waals surface area contributed by atoms with Gasteiger partial charge in [0.1, 0.15) is 6.33 Å². The molecule has 6 heteroatoms. The van der Waals surface area contributed by atoms with Crippen molar-refractivity contribution in [2.75, 3.05) is 17.3 Å². The summed E-state index contributed by atoms with van der Waals surface area (Å²) >= 11 is 3.48. The van der Waals surface area contributed by atoms with Gasteiger partial charge < -0.3 is 10.2 Å². The number of aryl methyl sites for hydroxylation is 1.